The van der Waals surface area contributed by atoms with Crippen molar-refractivity contribution in [1.82, 2.24) is 5.32 Å². The molecule has 1 aromatic rings. The molecular formula is C16H25N3O. The van der Waals surface area contributed by atoms with Gasteiger partial charge in [0.25, 0.3) is 0 Å². The standard InChI is InChI=1S/C16H25N3O/c1-11(15(20)18-16(2,3)4)19-9-5-6-12-7-8-13(17)10-14(12)19/h7-8,10-11H,5-6,9,17H2,1-4H3,(H,18,20). The van der Waals surface area contributed by atoms with Crippen LogP contribution in [0, 0.1) is 0 Å². The van der Waals surface area contributed by atoms with Crippen molar-refractivity contribution in [2.24, 2.45) is 0 Å². The van der Waals surface area contributed by atoms with E-state index in [4.69, 9.17) is 5.73 Å². The molecule has 1 atom stereocenters. The highest BCUT2D eigenvalue weighted by Crippen LogP contribution is 2.30. The number of hydrogen-bond donors (Lipinski definition) is 2. The van der Waals surface area contributed by atoms with Crippen molar-refractivity contribution in [3.63, 3.8) is 0 Å². The minimum absolute atomic E-state index is 0.0628. The van der Waals surface area contributed by atoms with Gasteiger partial charge < -0.3 is 16.0 Å². The molecule has 0 aliphatic carbocycles. The third-order valence-electron chi connectivity index (χ3n) is 3.61. The van der Waals surface area contributed by atoms with Gasteiger partial charge in [-0.2, -0.15) is 0 Å². The predicted octanol–water partition coefficient (Wildman–Crippen LogP) is 2.32. The lowest BCUT2D eigenvalue weighted by Crippen LogP contribution is -2.52. The maximum Gasteiger partial charge on any atom is 0.242 e. The first-order valence-corrected chi connectivity index (χ1v) is 7.25. The number of aryl methyl sites for hydroxylation is 1. The van der Waals surface area contributed by atoms with Crippen LogP contribution in [0.25, 0.3) is 0 Å². The number of rotatable bonds is 2. The zero-order valence-electron chi connectivity index (χ0n) is 12.9. The number of amides is 1. The SMILES string of the molecule is CC(C(=O)NC(C)(C)C)N1CCCc2ccc(N)cc21. The molecule has 0 radical (unpaired) electrons. The lowest BCUT2D eigenvalue weighted by Gasteiger charge is -2.37. The van der Waals surface area contributed by atoms with Gasteiger partial charge in [0.05, 0.1) is 0 Å². The molecule has 0 saturated carbocycles. The zero-order chi connectivity index (χ0) is 14.9. The summed E-state index contributed by atoms with van der Waals surface area (Å²) in [6.07, 6.45) is 2.13. The minimum atomic E-state index is -0.209. The van der Waals surface area contributed by atoms with Gasteiger partial charge in [0.1, 0.15) is 6.04 Å². The highest BCUT2D eigenvalue weighted by atomic mass is 16.2. The fraction of sp³-hybridized carbons (Fsp3) is 0.562. The average molecular weight is 275 g/mol. The summed E-state index contributed by atoms with van der Waals surface area (Å²) in [5.41, 5.74) is 8.82. The van der Waals surface area contributed by atoms with Gasteiger partial charge in [-0.05, 0) is 58.2 Å². The van der Waals surface area contributed by atoms with E-state index < -0.39 is 0 Å². The molecule has 1 aliphatic heterocycles. The van der Waals surface area contributed by atoms with Crippen LogP contribution in [0.5, 0.6) is 0 Å². The number of hydrogen-bond acceptors (Lipinski definition) is 3. The van der Waals surface area contributed by atoms with Crippen LogP contribution >= 0.6 is 0 Å². The Kier molecular flexibility index (Phi) is 3.93. The molecule has 4 heteroatoms. The summed E-state index contributed by atoms with van der Waals surface area (Å²) in [4.78, 5) is 14.5. The van der Waals surface area contributed by atoms with Crippen molar-refractivity contribution < 1.29 is 4.79 Å². The van der Waals surface area contributed by atoms with Crippen LogP contribution < -0.4 is 16.0 Å². The zero-order valence-corrected chi connectivity index (χ0v) is 12.9. The Morgan fingerprint density at radius 1 is 1.40 bits per heavy atom. The number of benzene rings is 1. The summed E-state index contributed by atoms with van der Waals surface area (Å²) in [5, 5.41) is 3.05. The predicted molar refractivity (Wildman–Crippen MR) is 83.9 cm³/mol. The number of anilines is 2. The quantitative estimate of drug-likeness (QED) is 0.814. The summed E-state index contributed by atoms with van der Waals surface area (Å²) in [7, 11) is 0. The number of carbonyl (C=O) groups is 1. The lowest BCUT2D eigenvalue weighted by molar-refractivity contribution is -0.123. The van der Waals surface area contributed by atoms with Gasteiger partial charge in [0, 0.05) is 23.5 Å². The smallest absolute Gasteiger partial charge is 0.242 e. The van der Waals surface area contributed by atoms with Crippen LogP contribution in [0.4, 0.5) is 11.4 Å². The second-order valence-electron chi connectivity index (χ2n) is 6.60. The third-order valence-corrected chi connectivity index (χ3v) is 3.61. The topological polar surface area (TPSA) is 58.4 Å². The van der Waals surface area contributed by atoms with E-state index in [2.05, 4.69) is 16.3 Å². The molecule has 1 aromatic carbocycles. The number of fused-ring (bicyclic) bond motifs is 1. The van der Waals surface area contributed by atoms with Crippen molar-refractivity contribution in [2.75, 3.05) is 17.2 Å². The monoisotopic (exact) mass is 275 g/mol. The third kappa shape index (κ3) is 3.24. The number of nitrogens with two attached hydrogens (primary N) is 1. The summed E-state index contributed by atoms with van der Waals surface area (Å²) in [6, 6.07) is 5.80. The van der Waals surface area contributed by atoms with Gasteiger partial charge in [-0.3, -0.25) is 4.79 Å². The number of carbonyl (C=O) groups excluding carboxylic acids is 1. The Morgan fingerprint density at radius 2 is 2.10 bits per heavy atom. The summed E-state index contributed by atoms with van der Waals surface area (Å²) < 4.78 is 0. The first kappa shape index (κ1) is 14.7. The van der Waals surface area contributed by atoms with E-state index in [9.17, 15) is 4.79 Å². The van der Waals surface area contributed by atoms with Gasteiger partial charge >= 0.3 is 0 Å². The first-order chi connectivity index (χ1) is 9.28. The van der Waals surface area contributed by atoms with Gasteiger partial charge in [-0.1, -0.05) is 6.07 Å². The van der Waals surface area contributed by atoms with Crippen LogP contribution in [-0.2, 0) is 11.2 Å². The van der Waals surface area contributed by atoms with Gasteiger partial charge in [0.2, 0.25) is 5.91 Å². The van der Waals surface area contributed by atoms with Crippen molar-refractivity contribution in [3.05, 3.63) is 23.8 Å². The fourth-order valence-corrected chi connectivity index (χ4v) is 2.64. The summed E-state index contributed by atoms with van der Waals surface area (Å²) in [6.45, 7) is 8.85. The molecular weight excluding hydrogens is 250 g/mol. The maximum atomic E-state index is 12.4. The molecule has 0 fully saturated rings. The molecule has 0 bridgehead atoms. The van der Waals surface area contributed by atoms with E-state index in [0.717, 1.165) is 30.8 Å². The Balaban J connectivity index is 2.22. The van der Waals surface area contributed by atoms with Gasteiger partial charge in [-0.25, -0.2) is 0 Å². The lowest BCUT2D eigenvalue weighted by atomic mass is 9.99. The molecule has 0 saturated heterocycles. The van der Waals surface area contributed by atoms with Crippen LogP contribution in [0.3, 0.4) is 0 Å². The molecule has 0 aromatic heterocycles. The van der Waals surface area contributed by atoms with E-state index >= 15 is 0 Å². The maximum absolute atomic E-state index is 12.4. The number of nitrogens with one attached hydrogen (secondary N) is 1. The van der Waals surface area contributed by atoms with Crippen molar-refractivity contribution in [3.8, 4) is 0 Å². The Hall–Kier alpha value is -1.71. The van der Waals surface area contributed by atoms with E-state index in [1.54, 1.807) is 0 Å². The Morgan fingerprint density at radius 3 is 2.75 bits per heavy atom. The molecule has 3 N–H and O–H groups in total. The van der Waals surface area contributed by atoms with E-state index in [1.165, 1.54) is 5.56 Å². The minimum Gasteiger partial charge on any atom is -0.399 e. The first-order valence-electron chi connectivity index (χ1n) is 7.25. The molecule has 4 nitrogen and oxygen atoms in total. The Labute approximate surface area is 121 Å². The van der Waals surface area contributed by atoms with Crippen LogP contribution in [-0.4, -0.2) is 24.0 Å². The molecule has 2 rings (SSSR count). The number of nitrogen functional groups attached to an aromatic ring is 1. The van der Waals surface area contributed by atoms with Crippen LogP contribution in [0.15, 0.2) is 18.2 Å². The summed E-state index contributed by atoms with van der Waals surface area (Å²) >= 11 is 0. The van der Waals surface area contributed by atoms with Crippen molar-refractivity contribution in [2.45, 2.75) is 52.1 Å². The van der Waals surface area contributed by atoms with E-state index in [-0.39, 0.29) is 17.5 Å². The van der Waals surface area contributed by atoms with E-state index in [0.29, 0.717) is 0 Å². The second kappa shape index (κ2) is 5.35. The largest absolute Gasteiger partial charge is 0.399 e. The fourth-order valence-electron chi connectivity index (χ4n) is 2.64. The van der Waals surface area contributed by atoms with Crippen LogP contribution in [0.1, 0.15) is 39.7 Å². The Bertz CT molecular complexity index is 505. The van der Waals surface area contributed by atoms with Crippen molar-refractivity contribution >= 4 is 17.3 Å². The summed E-state index contributed by atoms with van der Waals surface area (Å²) in [5.74, 6) is 0.0628. The highest BCUT2D eigenvalue weighted by molar-refractivity contribution is 5.86. The molecule has 1 amide bonds. The number of nitrogens with zero attached hydrogens (tertiary/aromatic N) is 1. The molecule has 0 spiro atoms. The highest BCUT2D eigenvalue weighted by Gasteiger charge is 2.28. The average Bonchev–Trinajstić information content (AvgIpc) is 2.35. The van der Waals surface area contributed by atoms with E-state index in [1.807, 2.05) is 39.8 Å². The molecule has 1 unspecified atom stereocenters. The molecule has 20 heavy (non-hydrogen) atoms. The second-order valence-corrected chi connectivity index (χ2v) is 6.60. The van der Waals surface area contributed by atoms with Crippen molar-refractivity contribution in [1.29, 1.82) is 0 Å². The van der Waals surface area contributed by atoms with Gasteiger partial charge in [0.15, 0.2) is 0 Å². The van der Waals surface area contributed by atoms with Crippen LogP contribution in [0.2, 0.25) is 0 Å². The van der Waals surface area contributed by atoms with Gasteiger partial charge in [-0.15, -0.1) is 0 Å². The molecule has 1 heterocycles. The molecule has 110 valence electrons. The molecule has 1 aliphatic rings. The normalized spacial score (nSPS) is 16.5.